The van der Waals surface area contributed by atoms with E-state index < -0.39 is 0 Å². The van der Waals surface area contributed by atoms with E-state index in [1.54, 1.807) is 20.8 Å². The van der Waals surface area contributed by atoms with Gasteiger partial charge in [0.15, 0.2) is 0 Å². The van der Waals surface area contributed by atoms with E-state index in [4.69, 9.17) is 0 Å². The van der Waals surface area contributed by atoms with E-state index in [0.717, 1.165) is 11.8 Å². The van der Waals surface area contributed by atoms with Crippen LogP contribution in [-0.2, 0) is 24.2 Å². The van der Waals surface area contributed by atoms with Crippen molar-refractivity contribution in [2.24, 2.45) is 11.8 Å². The zero-order valence-electron chi connectivity index (χ0n) is 18.6. The molecule has 0 aliphatic carbocycles. The number of hydrogen-bond donors (Lipinski definition) is 0. The Balaban J connectivity index is 3.20. The molecule has 0 rings (SSSR count). The van der Waals surface area contributed by atoms with Gasteiger partial charge in [-0.3, -0.25) is 0 Å². The molecule has 0 spiro atoms. The molecule has 0 aliphatic heterocycles. The molecule has 2 atom stereocenters. The molecule has 0 nitrogen and oxygen atoms in total. The summed E-state index contributed by atoms with van der Waals surface area (Å²) in [5, 5.41) is 0. The molecule has 0 aromatic carbocycles. The average Bonchev–Trinajstić information content (AvgIpc) is 2.61. The Hall–Kier alpha value is 0.922. The first-order chi connectivity index (χ1) is 12.2. The average molecular weight is 451 g/mol. The summed E-state index contributed by atoms with van der Waals surface area (Å²) in [5.74, 6) is 1.98. The summed E-state index contributed by atoms with van der Waals surface area (Å²) in [7, 11) is 0. The zero-order valence-corrected chi connectivity index (χ0v) is 22.6. The van der Waals surface area contributed by atoms with Crippen LogP contribution in [-0.4, -0.2) is 0 Å². The molecule has 0 aliphatic rings. The molecule has 25 heavy (non-hydrogen) atoms. The molecular weight excluding hydrogens is 401 g/mol. The van der Waals surface area contributed by atoms with E-state index in [0.29, 0.717) is 0 Å². The maximum atomic E-state index is 2.48. The second kappa shape index (κ2) is 21.2. The van der Waals surface area contributed by atoms with Crippen molar-refractivity contribution in [1.29, 1.82) is 0 Å². The van der Waals surface area contributed by atoms with Gasteiger partial charge in [-0.25, -0.2) is 0 Å². The molecule has 0 saturated carbocycles. The van der Waals surface area contributed by atoms with Crippen molar-refractivity contribution in [3.8, 4) is 0 Å². The molecule has 148 valence electrons. The van der Waals surface area contributed by atoms with Gasteiger partial charge < -0.3 is 0 Å². The second-order valence-corrected chi connectivity index (χ2v) is 15.0. The Morgan fingerprint density at radius 2 is 0.840 bits per heavy atom. The van der Waals surface area contributed by atoms with Gasteiger partial charge in [0.25, 0.3) is 0 Å². The van der Waals surface area contributed by atoms with E-state index >= 15 is 0 Å². The Kier molecular flexibility index (Phi) is 22.0. The first-order valence-electron chi connectivity index (χ1n) is 12.2. The topological polar surface area (TPSA) is 0 Å². The van der Waals surface area contributed by atoms with Gasteiger partial charge in [0.1, 0.15) is 0 Å². The summed E-state index contributed by atoms with van der Waals surface area (Å²) in [4.78, 5) is 0. The van der Waals surface area contributed by atoms with E-state index in [1.165, 1.54) is 89.9 Å². The third-order valence-electron chi connectivity index (χ3n) is 5.99. The normalized spacial score (nSPS) is 13.6. The first-order valence-corrected chi connectivity index (χ1v) is 17.9. The zero-order chi connectivity index (χ0) is 18.6. The molecule has 0 aromatic rings. The third kappa shape index (κ3) is 21.1. The van der Waals surface area contributed by atoms with Crippen molar-refractivity contribution in [2.75, 3.05) is 0 Å². The molecule has 0 aromatic heterocycles. The Morgan fingerprint density at radius 1 is 0.480 bits per heavy atom. The van der Waals surface area contributed by atoms with Gasteiger partial charge in [0, 0.05) is 0 Å². The van der Waals surface area contributed by atoms with Crippen LogP contribution in [0.5, 0.6) is 0 Å². The summed E-state index contributed by atoms with van der Waals surface area (Å²) in [6.45, 7) is 9.59. The number of rotatable bonds is 20. The molecule has 1 heteroatoms. The maximum absolute atomic E-state index is 2.48. The summed E-state index contributed by atoms with van der Waals surface area (Å²) in [5.41, 5.74) is 0. The van der Waals surface area contributed by atoms with Crippen molar-refractivity contribution in [3.63, 3.8) is 0 Å². The van der Waals surface area contributed by atoms with Gasteiger partial charge in [0.05, 0.1) is 0 Å². The Labute approximate surface area is 173 Å². The minimum atomic E-state index is -0.342. The second-order valence-electron chi connectivity index (χ2n) is 8.96. The molecule has 0 amide bonds. The molecule has 0 fully saturated rings. The third-order valence-corrected chi connectivity index (χ3v) is 11.7. The fourth-order valence-electron chi connectivity index (χ4n) is 4.00. The summed E-state index contributed by atoms with van der Waals surface area (Å²) < 4.78 is 3.38. The van der Waals surface area contributed by atoms with E-state index in [1.807, 2.05) is 0 Å². The summed E-state index contributed by atoms with van der Waals surface area (Å²) in [6, 6.07) is 0. The van der Waals surface area contributed by atoms with Crippen LogP contribution in [0.1, 0.15) is 130 Å². The fraction of sp³-hybridized carbons (Fsp3) is 1.00. The van der Waals surface area contributed by atoms with E-state index in [-0.39, 0.29) is 24.2 Å². The summed E-state index contributed by atoms with van der Waals surface area (Å²) in [6.07, 6.45) is 23.7. The molecule has 2 unspecified atom stereocenters. The molecule has 0 bridgehead atoms. The van der Waals surface area contributed by atoms with Crippen molar-refractivity contribution in [2.45, 2.75) is 138 Å². The number of hydrogen-bond acceptors (Lipinski definition) is 0. The van der Waals surface area contributed by atoms with Crippen LogP contribution in [0.4, 0.5) is 0 Å². The molecule has 0 radical (unpaired) electrons. The van der Waals surface area contributed by atoms with Gasteiger partial charge in [-0.2, -0.15) is 0 Å². The first kappa shape index (κ1) is 25.9. The van der Waals surface area contributed by atoms with E-state index in [2.05, 4.69) is 27.7 Å². The van der Waals surface area contributed by atoms with Crippen LogP contribution in [0.2, 0.25) is 7.96 Å². The van der Waals surface area contributed by atoms with Crippen LogP contribution in [0.15, 0.2) is 0 Å². The SMILES string of the molecule is CCCCCCC(C)CCC[CH2][Cd][CH2]CCCC(C)CCCCCC. The Bertz CT molecular complexity index is 214. The Morgan fingerprint density at radius 3 is 1.20 bits per heavy atom. The monoisotopic (exact) mass is 452 g/mol. The van der Waals surface area contributed by atoms with Gasteiger partial charge in [-0.15, -0.1) is 0 Å². The van der Waals surface area contributed by atoms with Crippen LogP contribution in [0.25, 0.3) is 0 Å². The van der Waals surface area contributed by atoms with Crippen LogP contribution >= 0.6 is 0 Å². The van der Waals surface area contributed by atoms with Gasteiger partial charge >= 0.3 is 174 Å². The van der Waals surface area contributed by atoms with Gasteiger partial charge in [-0.05, 0) is 0 Å². The quantitative estimate of drug-likeness (QED) is 0.128. The predicted molar refractivity (Wildman–Crippen MR) is 113 cm³/mol. The molecule has 0 N–H and O–H groups in total. The summed E-state index contributed by atoms with van der Waals surface area (Å²) >= 11 is -0.342. The van der Waals surface area contributed by atoms with E-state index in [9.17, 15) is 0 Å². The molecule has 0 saturated heterocycles. The number of unbranched alkanes of at least 4 members (excludes halogenated alkanes) is 8. The van der Waals surface area contributed by atoms with Crippen molar-refractivity contribution in [1.82, 2.24) is 0 Å². The standard InChI is InChI=1S/2C12H25.Cd/c2*1-4-6-8-9-11-12(3)10-7-5-2;/h2*12H,2,4-11H2,1,3H3;. The molecule has 0 heterocycles. The fourth-order valence-corrected chi connectivity index (χ4v) is 9.04. The predicted octanol–water partition coefficient (Wildman–Crippen LogP) is 9.46. The van der Waals surface area contributed by atoms with Crippen molar-refractivity contribution >= 4 is 0 Å². The minimum absolute atomic E-state index is 0.342. The van der Waals surface area contributed by atoms with Crippen LogP contribution in [0.3, 0.4) is 0 Å². The van der Waals surface area contributed by atoms with Gasteiger partial charge in [-0.1, -0.05) is 0 Å². The van der Waals surface area contributed by atoms with Crippen LogP contribution < -0.4 is 0 Å². The van der Waals surface area contributed by atoms with Gasteiger partial charge in [0.2, 0.25) is 0 Å². The van der Waals surface area contributed by atoms with Crippen molar-refractivity contribution in [3.05, 3.63) is 0 Å². The van der Waals surface area contributed by atoms with Crippen LogP contribution in [0, 0.1) is 11.8 Å². The van der Waals surface area contributed by atoms with Crippen molar-refractivity contribution < 1.29 is 24.2 Å². The molecular formula is C24H50Cd.